The Morgan fingerprint density at radius 3 is 2.94 bits per heavy atom. The van der Waals surface area contributed by atoms with Gasteiger partial charge in [-0.15, -0.1) is 11.3 Å². The fourth-order valence-electron chi connectivity index (χ4n) is 0.854. The van der Waals surface area contributed by atoms with E-state index >= 15 is 0 Å². The van der Waals surface area contributed by atoms with Crippen LogP contribution in [0.4, 0.5) is 0 Å². The standard InChI is InChI=1S/C9H11ClN2O3S/c1-2-14-8(13)5-15-12-9(11)6-3-4-7(10)16-6/h3-4H,2,5H2,1H3,(H2,11,12). The number of oxime groups is 1. The normalized spacial score (nSPS) is 11.2. The van der Waals surface area contributed by atoms with Gasteiger partial charge in [0.05, 0.1) is 15.8 Å². The Kier molecular flexibility index (Phi) is 5.07. The van der Waals surface area contributed by atoms with Crippen LogP contribution >= 0.6 is 22.9 Å². The van der Waals surface area contributed by atoms with Gasteiger partial charge in [-0.3, -0.25) is 0 Å². The summed E-state index contributed by atoms with van der Waals surface area (Å²) in [5.74, 6) is -0.301. The topological polar surface area (TPSA) is 73.9 Å². The number of hydrogen-bond acceptors (Lipinski definition) is 5. The molecule has 1 rings (SSSR count). The Hall–Kier alpha value is -1.27. The van der Waals surface area contributed by atoms with Crippen LogP contribution in [0.25, 0.3) is 0 Å². The van der Waals surface area contributed by atoms with Crippen molar-refractivity contribution >= 4 is 34.7 Å². The monoisotopic (exact) mass is 262 g/mol. The van der Waals surface area contributed by atoms with Crippen molar-refractivity contribution < 1.29 is 14.4 Å². The molecule has 0 aliphatic rings. The van der Waals surface area contributed by atoms with Crippen molar-refractivity contribution in [2.45, 2.75) is 6.92 Å². The molecule has 0 radical (unpaired) electrons. The maximum atomic E-state index is 10.9. The number of carbonyl (C=O) groups excluding carboxylic acids is 1. The lowest BCUT2D eigenvalue weighted by atomic mass is 10.4. The smallest absolute Gasteiger partial charge is 0.347 e. The first kappa shape index (κ1) is 12.8. The number of nitrogens with two attached hydrogens (primary N) is 1. The summed E-state index contributed by atoms with van der Waals surface area (Å²) in [6.07, 6.45) is 0. The van der Waals surface area contributed by atoms with Crippen LogP contribution in [0.5, 0.6) is 0 Å². The van der Waals surface area contributed by atoms with Gasteiger partial charge in [-0.2, -0.15) is 0 Å². The van der Waals surface area contributed by atoms with Gasteiger partial charge in [-0.25, -0.2) is 4.79 Å². The van der Waals surface area contributed by atoms with E-state index in [0.717, 1.165) is 0 Å². The lowest BCUT2D eigenvalue weighted by Gasteiger charge is -2.00. The molecule has 0 unspecified atom stereocenters. The van der Waals surface area contributed by atoms with Crippen LogP contribution < -0.4 is 5.73 Å². The molecule has 2 N–H and O–H groups in total. The number of hydrogen-bond donors (Lipinski definition) is 1. The average molecular weight is 263 g/mol. The Balaban J connectivity index is 2.43. The summed E-state index contributed by atoms with van der Waals surface area (Å²) in [5.41, 5.74) is 5.59. The molecular formula is C9H11ClN2O3S. The van der Waals surface area contributed by atoms with Crippen LogP contribution in [0, 0.1) is 0 Å². The van der Waals surface area contributed by atoms with Gasteiger partial charge in [0.2, 0.25) is 6.61 Å². The summed E-state index contributed by atoms with van der Waals surface area (Å²) in [4.78, 5) is 16.3. The molecule has 88 valence electrons. The predicted octanol–water partition coefficient (Wildman–Crippen LogP) is 1.60. The first-order valence-corrected chi connectivity index (χ1v) is 5.69. The second-order valence-electron chi connectivity index (χ2n) is 2.66. The Bertz CT molecular complexity index is 392. The largest absolute Gasteiger partial charge is 0.463 e. The molecule has 0 aliphatic heterocycles. The molecular weight excluding hydrogens is 252 g/mol. The van der Waals surface area contributed by atoms with Crippen LogP contribution in [-0.4, -0.2) is 25.0 Å². The number of nitrogens with zero attached hydrogens (tertiary/aromatic N) is 1. The first-order chi connectivity index (χ1) is 7.63. The summed E-state index contributed by atoms with van der Waals surface area (Å²) in [5, 5.41) is 3.58. The highest BCUT2D eigenvalue weighted by atomic mass is 35.5. The minimum atomic E-state index is -0.483. The van der Waals surface area contributed by atoms with Gasteiger partial charge in [0.25, 0.3) is 0 Å². The third kappa shape index (κ3) is 4.08. The van der Waals surface area contributed by atoms with E-state index in [1.54, 1.807) is 19.1 Å². The minimum absolute atomic E-state index is 0.182. The van der Waals surface area contributed by atoms with Crippen molar-refractivity contribution in [1.82, 2.24) is 0 Å². The minimum Gasteiger partial charge on any atom is -0.463 e. The van der Waals surface area contributed by atoms with Crippen LogP contribution in [0.3, 0.4) is 0 Å². The van der Waals surface area contributed by atoms with Gasteiger partial charge in [0.15, 0.2) is 5.84 Å². The lowest BCUT2D eigenvalue weighted by molar-refractivity contribution is -0.148. The number of halogens is 1. The highest BCUT2D eigenvalue weighted by Crippen LogP contribution is 2.20. The van der Waals surface area contributed by atoms with Crippen LogP contribution in [-0.2, 0) is 14.4 Å². The molecule has 1 aromatic heterocycles. The number of ether oxygens (including phenoxy) is 1. The van der Waals surface area contributed by atoms with Gasteiger partial charge in [-0.1, -0.05) is 16.8 Å². The van der Waals surface area contributed by atoms with E-state index in [1.807, 2.05) is 0 Å². The van der Waals surface area contributed by atoms with Gasteiger partial charge >= 0.3 is 5.97 Å². The van der Waals surface area contributed by atoms with Crippen molar-refractivity contribution in [3.8, 4) is 0 Å². The molecule has 0 aliphatic carbocycles. The van der Waals surface area contributed by atoms with E-state index < -0.39 is 5.97 Å². The maximum absolute atomic E-state index is 10.9. The number of amidine groups is 1. The highest BCUT2D eigenvalue weighted by Gasteiger charge is 2.04. The third-order valence-corrected chi connectivity index (χ3v) is 2.73. The first-order valence-electron chi connectivity index (χ1n) is 4.50. The van der Waals surface area contributed by atoms with Crippen molar-refractivity contribution in [3.63, 3.8) is 0 Å². The SMILES string of the molecule is CCOC(=O)CO/N=C(\N)c1ccc(Cl)s1. The molecule has 0 saturated carbocycles. The van der Waals surface area contributed by atoms with Crippen molar-refractivity contribution in [2.75, 3.05) is 13.2 Å². The summed E-state index contributed by atoms with van der Waals surface area (Å²) in [6, 6.07) is 3.43. The molecule has 0 spiro atoms. The summed E-state index contributed by atoms with van der Waals surface area (Å²) in [7, 11) is 0. The zero-order chi connectivity index (χ0) is 12.0. The molecule has 0 amide bonds. The predicted molar refractivity (Wildman–Crippen MR) is 62.6 cm³/mol. The van der Waals surface area contributed by atoms with Crippen molar-refractivity contribution in [2.24, 2.45) is 10.9 Å². The maximum Gasteiger partial charge on any atom is 0.347 e. The van der Waals surface area contributed by atoms with Crippen LogP contribution in [0.2, 0.25) is 4.34 Å². The molecule has 0 aromatic carbocycles. The van der Waals surface area contributed by atoms with Gasteiger partial charge in [-0.05, 0) is 19.1 Å². The molecule has 7 heteroatoms. The molecule has 1 aromatic rings. The summed E-state index contributed by atoms with van der Waals surface area (Å²) in [6.45, 7) is 1.76. The molecule has 0 saturated heterocycles. The van der Waals surface area contributed by atoms with E-state index in [-0.39, 0.29) is 12.4 Å². The highest BCUT2D eigenvalue weighted by molar-refractivity contribution is 7.18. The van der Waals surface area contributed by atoms with E-state index in [1.165, 1.54) is 11.3 Å². The molecule has 16 heavy (non-hydrogen) atoms. The number of rotatable bonds is 5. The molecule has 0 fully saturated rings. The fourth-order valence-corrected chi connectivity index (χ4v) is 1.79. The second-order valence-corrected chi connectivity index (χ2v) is 4.37. The lowest BCUT2D eigenvalue weighted by Crippen LogP contribution is -2.15. The number of carbonyl (C=O) groups is 1. The summed E-state index contributed by atoms with van der Waals surface area (Å²) < 4.78 is 5.25. The van der Waals surface area contributed by atoms with Crippen LogP contribution in [0.15, 0.2) is 17.3 Å². The van der Waals surface area contributed by atoms with Gasteiger partial charge in [0, 0.05) is 0 Å². The summed E-state index contributed by atoms with van der Waals surface area (Å²) >= 11 is 7.00. The van der Waals surface area contributed by atoms with Crippen molar-refractivity contribution in [3.05, 3.63) is 21.3 Å². The van der Waals surface area contributed by atoms with Crippen LogP contribution in [0.1, 0.15) is 11.8 Å². The Morgan fingerprint density at radius 2 is 2.38 bits per heavy atom. The molecule has 0 bridgehead atoms. The van der Waals surface area contributed by atoms with E-state index in [9.17, 15) is 4.79 Å². The number of thiophene rings is 1. The fraction of sp³-hybridized carbons (Fsp3) is 0.333. The van der Waals surface area contributed by atoms with E-state index in [0.29, 0.717) is 15.8 Å². The van der Waals surface area contributed by atoms with E-state index in [4.69, 9.17) is 22.2 Å². The molecule has 0 atom stereocenters. The average Bonchev–Trinajstić information content (AvgIpc) is 2.65. The number of esters is 1. The van der Waals surface area contributed by atoms with E-state index in [2.05, 4.69) is 9.89 Å². The van der Waals surface area contributed by atoms with Gasteiger partial charge < -0.3 is 15.3 Å². The Labute approximate surface area is 102 Å². The zero-order valence-corrected chi connectivity index (χ0v) is 10.2. The molecule has 1 heterocycles. The zero-order valence-electron chi connectivity index (χ0n) is 8.60. The van der Waals surface area contributed by atoms with Crippen molar-refractivity contribution in [1.29, 1.82) is 0 Å². The Morgan fingerprint density at radius 1 is 1.62 bits per heavy atom. The second kappa shape index (κ2) is 6.34. The van der Waals surface area contributed by atoms with Gasteiger partial charge in [0.1, 0.15) is 0 Å². The quantitative estimate of drug-likeness (QED) is 0.379. The third-order valence-electron chi connectivity index (χ3n) is 1.48. The molecule has 5 nitrogen and oxygen atoms in total.